The van der Waals surface area contributed by atoms with E-state index >= 15 is 0 Å². The van der Waals surface area contributed by atoms with Crippen LogP contribution in [0.25, 0.3) is 22.2 Å². The smallest absolute Gasteiger partial charge is 0.240 e. The molecule has 0 radical (unpaired) electrons. The van der Waals surface area contributed by atoms with Crippen LogP contribution >= 0.6 is 11.8 Å². The number of hydrogen-bond donors (Lipinski definition) is 0. The van der Waals surface area contributed by atoms with Crippen molar-refractivity contribution in [3.05, 3.63) is 53.8 Å². The number of fused-ring (bicyclic) bond motifs is 5. The van der Waals surface area contributed by atoms with E-state index < -0.39 is 11.9 Å². The molecule has 1 amide bonds. The van der Waals surface area contributed by atoms with Crippen molar-refractivity contribution in [2.24, 2.45) is 0 Å². The highest BCUT2D eigenvalue weighted by molar-refractivity contribution is 8.00. The number of nitrogens with zero attached hydrogens (tertiary/aromatic N) is 2. The number of aryl methyl sites for hydroxylation is 1. The van der Waals surface area contributed by atoms with Crippen LogP contribution in [-0.2, 0) is 11.3 Å². The molecule has 1 aromatic heterocycles. The van der Waals surface area contributed by atoms with Crippen molar-refractivity contribution in [3.63, 3.8) is 0 Å². The molecule has 0 spiro atoms. The lowest BCUT2D eigenvalue weighted by molar-refractivity contribution is -0.130. The third-order valence-electron chi connectivity index (χ3n) is 5.32. The molecule has 0 bridgehead atoms. The molecule has 0 saturated carbocycles. The Morgan fingerprint density at radius 3 is 2.64 bits per heavy atom. The van der Waals surface area contributed by atoms with Gasteiger partial charge in [-0.3, -0.25) is 4.79 Å². The Morgan fingerprint density at radius 2 is 1.93 bits per heavy atom. The predicted molar refractivity (Wildman–Crippen MR) is 110 cm³/mol. The van der Waals surface area contributed by atoms with Crippen LogP contribution in [0.3, 0.4) is 0 Å². The van der Waals surface area contributed by atoms with E-state index in [1.165, 1.54) is 23.9 Å². The normalized spacial score (nSPS) is 15.4. The molecule has 0 aliphatic carbocycles. The van der Waals surface area contributed by atoms with Crippen molar-refractivity contribution in [3.8, 4) is 11.3 Å². The maximum atomic E-state index is 14.1. The molecule has 1 atom stereocenters. The third kappa shape index (κ3) is 2.91. The number of amides is 1. The summed E-state index contributed by atoms with van der Waals surface area (Å²) in [5, 5.41) is 0.214. The predicted octanol–water partition coefficient (Wildman–Crippen LogP) is 5.43. The molecule has 0 fully saturated rings. The van der Waals surface area contributed by atoms with E-state index in [1.54, 1.807) is 11.0 Å². The second-order valence-electron chi connectivity index (χ2n) is 6.77. The zero-order valence-electron chi connectivity index (χ0n) is 15.9. The van der Waals surface area contributed by atoms with Crippen LogP contribution in [0.1, 0.15) is 24.7 Å². The minimum atomic E-state index is -0.530. The number of carbonyl (C=O) groups excluding carboxylic acids is 1. The molecule has 1 unspecified atom stereocenters. The zero-order valence-corrected chi connectivity index (χ0v) is 16.7. The van der Waals surface area contributed by atoms with E-state index in [2.05, 4.69) is 0 Å². The molecule has 6 heteroatoms. The van der Waals surface area contributed by atoms with Crippen molar-refractivity contribution in [1.82, 2.24) is 9.47 Å². The molecule has 1 aliphatic heterocycles. The van der Waals surface area contributed by atoms with Crippen molar-refractivity contribution < 1.29 is 13.6 Å². The van der Waals surface area contributed by atoms with E-state index in [0.29, 0.717) is 18.5 Å². The van der Waals surface area contributed by atoms with E-state index in [4.69, 9.17) is 0 Å². The summed E-state index contributed by atoms with van der Waals surface area (Å²) >= 11 is 1.50. The van der Waals surface area contributed by atoms with Crippen LogP contribution in [0.2, 0.25) is 0 Å². The number of likely N-dealkylation sites (N-methyl/N-ethyl adjacent to an activating group) is 1. The third-order valence-corrected chi connectivity index (χ3v) is 6.60. The zero-order chi connectivity index (χ0) is 19.8. The SMILES string of the molecule is CCN(CC)C(=O)C1Sc2ccccc2-c2c1c1cc(F)ccc1n2CC[18F]. The monoisotopic (exact) mass is 399 g/mol. The van der Waals surface area contributed by atoms with Crippen LogP contribution in [-0.4, -0.2) is 35.1 Å². The molecule has 3 nitrogen and oxygen atoms in total. The average Bonchev–Trinajstić information content (AvgIpc) is 3.02. The van der Waals surface area contributed by atoms with Crippen molar-refractivity contribution in [1.29, 1.82) is 0 Å². The standard InChI is InChI=1S/C22H22F2N2OS/c1-3-25(4-2)22(27)21-19-16-13-14(24)9-10-17(16)26(12-11-23)20(19)15-7-5-6-8-18(15)28-21/h5-10,13,21H,3-4,11-12H2,1-2H3/i23-1. The molecule has 0 N–H and O–H groups in total. The van der Waals surface area contributed by atoms with Gasteiger partial charge in [-0.05, 0) is 38.1 Å². The molecule has 2 heterocycles. The van der Waals surface area contributed by atoms with E-state index in [-0.39, 0.29) is 18.3 Å². The summed E-state index contributed by atoms with van der Waals surface area (Å²) < 4.78 is 29.5. The number of benzene rings is 2. The average molecular weight is 399 g/mol. The number of aromatic nitrogens is 1. The topological polar surface area (TPSA) is 25.2 Å². The minimum Gasteiger partial charge on any atom is -0.342 e. The lowest BCUT2D eigenvalue weighted by atomic mass is 10.0. The molecule has 1 aliphatic rings. The summed E-state index contributed by atoms with van der Waals surface area (Å²) in [4.78, 5) is 16.1. The molecular formula is C22H22F2N2OS. The summed E-state index contributed by atoms with van der Waals surface area (Å²) in [5.74, 6) is -0.347. The summed E-state index contributed by atoms with van der Waals surface area (Å²) in [7, 11) is 0. The van der Waals surface area contributed by atoms with Crippen LogP contribution < -0.4 is 0 Å². The Bertz CT molecular complexity index is 1040. The molecular weight excluding hydrogens is 377 g/mol. The first-order valence-electron chi connectivity index (χ1n) is 9.53. The Kier molecular flexibility index (Phi) is 5.15. The molecule has 3 aromatic rings. The van der Waals surface area contributed by atoms with Gasteiger partial charge in [0.15, 0.2) is 0 Å². The first kappa shape index (κ1) is 19.0. The van der Waals surface area contributed by atoms with Gasteiger partial charge in [-0.1, -0.05) is 18.2 Å². The molecule has 28 heavy (non-hydrogen) atoms. The van der Waals surface area contributed by atoms with Crippen LogP contribution in [0, 0.1) is 5.82 Å². The first-order valence-corrected chi connectivity index (χ1v) is 10.4. The highest BCUT2D eigenvalue weighted by Crippen LogP contribution is 2.53. The molecule has 146 valence electrons. The lowest BCUT2D eigenvalue weighted by Gasteiger charge is -2.29. The molecule has 4 rings (SSSR count). The summed E-state index contributed by atoms with van der Waals surface area (Å²) in [6.07, 6.45) is 0. The number of rotatable bonds is 5. The number of carbonyl (C=O) groups is 1. The fraction of sp³-hybridized carbons (Fsp3) is 0.318. The van der Waals surface area contributed by atoms with Crippen molar-refractivity contribution in [2.75, 3.05) is 19.8 Å². The summed E-state index contributed by atoms with van der Waals surface area (Å²) in [5.41, 5.74) is 3.36. The van der Waals surface area contributed by atoms with Gasteiger partial charge in [0, 0.05) is 40.0 Å². The number of alkyl halides is 1. The van der Waals surface area contributed by atoms with Gasteiger partial charge in [0.2, 0.25) is 5.91 Å². The highest BCUT2D eigenvalue weighted by atomic mass is 32.2. The highest BCUT2D eigenvalue weighted by Gasteiger charge is 2.37. The maximum absolute atomic E-state index is 14.1. The van der Waals surface area contributed by atoms with Crippen molar-refractivity contribution in [2.45, 2.75) is 30.5 Å². The van der Waals surface area contributed by atoms with E-state index in [1.807, 2.05) is 42.7 Å². The van der Waals surface area contributed by atoms with Crippen LogP contribution in [0.5, 0.6) is 0 Å². The second-order valence-corrected chi connectivity index (χ2v) is 7.92. The first-order chi connectivity index (χ1) is 13.6. The van der Waals surface area contributed by atoms with Crippen LogP contribution in [0.4, 0.5) is 8.78 Å². The second kappa shape index (κ2) is 7.59. The number of thioether (sulfide) groups is 1. The fourth-order valence-electron chi connectivity index (χ4n) is 4.05. The fourth-order valence-corrected chi connectivity index (χ4v) is 5.36. The molecule has 2 aromatic carbocycles. The Balaban J connectivity index is 2.04. The van der Waals surface area contributed by atoms with Gasteiger partial charge in [0.25, 0.3) is 0 Å². The Labute approximate surface area is 167 Å². The van der Waals surface area contributed by atoms with Gasteiger partial charge >= 0.3 is 0 Å². The van der Waals surface area contributed by atoms with Crippen LogP contribution in [0.15, 0.2) is 47.4 Å². The van der Waals surface area contributed by atoms with Crippen molar-refractivity contribution >= 4 is 28.6 Å². The quantitative estimate of drug-likeness (QED) is 0.571. The summed E-state index contributed by atoms with van der Waals surface area (Å²) in [6.45, 7) is 4.77. The minimum absolute atomic E-state index is 0.00862. The Morgan fingerprint density at radius 1 is 1.18 bits per heavy atom. The summed E-state index contributed by atoms with van der Waals surface area (Å²) in [6, 6.07) is 12.4. The van der Waals surface area contributed by atoms with Gasteiger partial charge in [-0.25, -0.2) is 8.78 Å². The van der Waals surface area contributed by atoms with E-state index in [9.17, 15) is 13.6 Å². The van der Waals surface area contributed by atoms with E-state index in [0.717, 1.165) is 27.2 Å². The van der Waals surface area contributed by atoms with Gasteiger partial charge in [0.05, 0.1) is 12.2 Å². The Hall–Kier alpha value is -2.34. The number of halogens is 2. The van der Waals surface area contributed by atoms with Gasteiger partial charge in [0.1, 0.15) is 17.7 Å². The largest absolute Gasteiger partial charge is 0.342 e. The van der Waals surface area contributed by atoms with Gasteiger partial charge in [-0.15, -0.1) is 11.8 Å². The number of hydrogen-bond acceptors (Lipinski definition) is 2. The van der Waals surface area contributed by atoms with Gasteiger partial charge < -0.3 is 9.47 Å². The lowest BCUT2D eigenvalue weighted by Crippen LogP contribution is -2.34. The van der Waals surface area contributed by atoms with Gasteiger partial charge in [-0.2, -0.15) is 0 Å². The maximum Gasteiger partial charge on any atom is 0.240 e. The molecule has 0 saturated heterocycles.